The first-order valence-electron chi connectivity index (χ1n) is 6.00. The van der Waals surface area contributed by atoms with E-state index in [4.69, 9.17) is 0 Å². The molecule has 0 spiro atoms. The van der Waals surface area contributed by atoms with E-state index in [1.807, 2.05) is 54.3 Å². The van der Waals surface area contributed by atoms with Crippen LogP contribution in [0.5, 0.6) is 0 Å². The van der Waals surface area contributed by atoms with E-state index in [1.54, 1.807) is 11.3 Å². The normalized spacial score (nSPS) is 10.1. The molecular weight excluding hydrogens is 252 g/mol. The van der Waals surface area contributed by atoms with Crippen LogP contribution in [0.15, 0.2) is 72.5 Å². The SMILES string of the molecule is c1ccc2cnccc2c1.c1ccc2scnc2c1. The smallest absolute Gasteiger partial charge is 0.0812 e. The lowest BCUT2D eigenvalue weighted by molar-refractivity contribution is 1.36. The predicted molar refractivity (Wildman–Crippen MR) is 81.4 cm³/mol. The molecule has 2 nitrogen and oxygen atoms in total. The maximum Gasteiger partial charge on any atom is 0.0812 e. The summed E-state index contributed by atoms with van der Waals surface area (Å²) < 4.78 is 1.26. The van der Waals surface area contributed by atoms with E-state index >= 15 is 0 Å². The maximum atomic E-state index is 4.14. The Morgan fingerprint density at radius 3 is 2.42 bits per heavy atom. The molecule has 0 atom stereocenters. The summed E-state index contributed by atoms with van der Waals surface area (Å²) in [6, 6.07) is 18.3. The van der Waals surface area contributed by atoms with Crippen LogP contribution < -0.4 is 0 Å². The Kier molecular flexibility index (Phi) is 3.47. The number of aromatic nitrogens is 2. The van der Waals surface area contributed by atoms with Crippen LogP contribution in [0.25, 0.3) is 21.0 Å². The van der Waals surface area contributed by atoms with Crippen molar-refractivity contribution in [3.8, 4) is 0 Å². The quantitative estimate of drug-likeness (QED) is 0.466. The molecule has 0 saturated heterocycles. The number of rotatable bonds is 0. The van der Waals surface area contributed by atoms with E-state index in [9.17, 15) is 0 Å². The van der Waals surface area contributed by atoms with Crippen LogP contribution in [0.3, 0.4) is 0 Å². The first-order chi connectivity index (χ1) is 9.43. The zero-order chi connectivity index (χ0) is 12.9. The van der Waals surface area contributed by atoms with E-state index in [1.165, 1.54) is 15.5 Å². The third kappa shape index (κ3) is 2.77. The highest BCUT2D eigenvalue weighted by atomic mass is 32.1. The number of thiazole rings is 1. The van der Waals surface area contributed by atoms with Crippen molar-refractivity contribution in [2.75, 3.05) is 0 Å². The fraction of sp³-hybridized carbons (Fsp3) is 0. The van der Waals surface area contributed by atoms with Crippen molar-refractivity contribution >= 4 is 32.3 Å². The van der Waals surface area contributed by atoms with Gasteiger partial charge in [0.2, 0.25) is 0 Å². The number of fused-ring (bicyclic) bond motifs is 2. The second kappa shape index (κ2) is 5.59. The number of hydrogen-bond acceptors (Lipinski definition) is 3. The Morgan fingerprint density at radius 1 is 0.789 bits per heavy atom. The lowest BCUT2D eigenvalue weighted by Gasteiger charge is -1.91. The molecular formula is C16H12N2S. The van der Waals surface area contributed by atoms with Crippen molar-refractivity contribution in [3.63, 3.8) is 0 Å². The van der Waals surface area contributed by atoms with Gasteiger partial charge in [-0.15, -0.1) is 11.3 Å². The second-order valence-corrected chi connectivity index (χ2v) is 4.93. The van der Waals surface area contributed by atoms with Gasteiger partial charge in [-0.2, -0.15) is 0 Å². The Hall–Kier alpha value is -2.26. The van der Waals surface area contributed by atoms with Gasteiger partial charge in [0.25, 0.3) is 0 Å². The lowest BCUT2D eigenvalue weighted by atomic mass is 10.2. The number of hydrogen-bond donors (Lipinski definition) is 0. The summed E-state index contributed by atoms with van der Waals surface area (Å²) in [7, 11) is 0. The summed E-state index contributed by atoms with van der Waals surface area (Å²) in [5.74, 6) is 0. The number of nitrogens with zero attached hydrogens (tertiary/aromatic N) is 2. The number of para-hydroxylation sites is 1. The van der Waals surface area contributed by atoms with Gasteiger partial charge in [0.05, 0.1) is 15.7 Å². The van der Waals surface area contributed by atoms with Crippen molar-refractivity contribution in [1.82, 2.24) is 9.97 Å². The van der Waals surface area contributed by atoms with Gasteiger partial charge in [-0.05, 0) is 29.0 Å². The van der Waals surface area contributed by atoms with Crippen molar-refractivity contribution in [3.05, 3.63) is 72.5 Å². The van der Waals surface area contributed by atoms with Gasteiger partial charge < -0.3 is 0 Å². The summed E-state index contributed by atoms with van der Waals surface area (Å²) in [4.78, 5) is 8.15. The first-order valence-corrected chi connectivity index (χ1v) is 6.88. The zero-order valence-corrected chi connectivity index (χ0v) is 11.0. The van der Waals surface area contributed by atoms with Gasteiger partial charge in [-0.25, -0.2) is 4.98 Å². The summed E-state index contributed by atoms with van der Waals surface area (Å²) in [6.07, 6.45) is 3.68. The van der Waals surface area contributed by atoms with Gasteiger partial charge in [-0.1, -0.05) is 36.4 Å². The fourth-order valence-corrected chi connectivity index (χ4v) is 2.51. The van der Waals surface area contributed by atoms with Crippen molar-refractivity contribution in [2.24, 2.45) is 0 Å². The molecule has 4 rings (SSSR count). The topological polar surface area (TPSA) is 25.8 Å². The number of pyridine rings is 1. The molecule has 0 fully saturated rings. The van der Waals surface area contributed by atoms with Gasteiger partial charge in [0, 0.05) is 12.4 Å². The van der Waals surface area contributed by atoms with Crippen LogP contribution in [0.1, 0.15) is 0 Å². The van der Waals surface area contributed by atoms with Crippen LogP contribution in [-0.2, 0) is 0 Å². The summed E-state index contributed by atoms with van der Waals surface area (Å²) >= 11 is 1.68. The van der Waals surface area contributed by atoms with Crippen molar-refractivity contribution < 1.29 is 0 Å². The average molecular weight is 264 g/mol. The van der Waals surface area contributed by atoms with Crippen LogP contribution in [0.2, 0.25) is 0 Å². The van der Waals surface area contributed by atoms with Crippen LogP contribution in [0.4, 0.5) is 0 Å². The Balaban J connectivity index is 0.000000117. The molecule has 0 aliphatic carbocycles. The highest BCUT2D eigenvalue weighted by Crippen LogP contribution is 2.15. The Labute approximate surface area is 115 Å². The molecule has 0 N–H and O–H groups in total. The highest BCUT2D eigenvalue weighted by Gasteiger charge is 1.89. The molecule has 2 aromatic heterocycles. The second-order valence-electron chi connectivity index (χ2n) is 4.04. The van der Waals surface area contributed by atoms with Crippen molar-refractivity contribution in [1.29, 1.82) is 0 Å². The molecule has 3 heteroatoms. The molecule has 4 aromatic rings. The van der Waals surface area contributed by atoms with Crippen LogP contribution in [-0.4, -0.2) is 9.97 Å². The minimum Gasteiger partial charge on any atom is -0.264 e. The predicted octanol–water partition coefficient (Wildman–Crippen LogP) is 4.53. The molecule has 0 radical (unpaired) electrons. The van der Waals surface area contributed by atoms with Gasteiger partial charge in [0.1, 0.15) is 0 Å². The van der Waals surface area contributed by atoms with Crippen LogP contribution in [0, 0.1) is 0 Å². The Bertz CT molecular complexity index is 697. The largest absolute Gasteiger partial charge is 0.264 e. The molecule has 19 heavy (non-hydrogen) atoms. The summed E-state index contributed by atoms with van der Waals surface area (Å²) in [5.41, 5.74) is 2.97. The van der Waals surface area contributed by atoms with Crippen molar-refractivity contribution in [2.45, 2.75) is 0 Å². The van der Waals surface area contributed by atoms with Gasteiger partial charge in [0.15, 0.2) is 0 Å². The van der Waals surface area contributed by atoms with E-state index in [-0.39, 0.29) is 0 Å². The molecule has 2 heterocycles. The minimum absolute atomic E-state index is 1.10. The molecule has 0 unspecified atom stereocenters. The molecule has 0 bridgehead atoms. The van der Waals surface area contributed by atoms with Crippen LogP contribution >= 0.6 is 11.3 Å². The van der Waals surface area contributed by atoms with E-state index in [0.29, 0.717) is 0 Å². The van der Waals surface area contributed by atoms with E-state index in [0.717, 1.165) is 5.52 Å². The average Bonchev–Trinajstić information content (AvgIpc) is 2.96. The van der Waals surface area contributed by atoms with Gasteiger partial charge >= 0.3 is 0 Å². The summed E-state index contributed by atoms with van der Waals surface area (Å²) in [5, 5.41) is 2.45. The fourth-order valence-electron chi connectivity index (χ4n) is 1.83. The third-order valence-corrected chi connectivity index (χ3v) is 3.60. The maximum absolute atomic E-state index is 4.14. The molecule has 0 amide bonds. The molecule has 0 aliphatic rings. The Morgan fingerprint density at radius 2 is 1.58 bits per heavy atom. The minimum atomic E-state index is 1.10. The molecule has 2 aromatic carbocycles. The standard InChI is InChI=1S/C9H7N.C7H5NS/c1-2-4-9-7-10-6-5-8(9)3-1;1-2-4-7-6(3-1)8-5-9-7/h1-7H;1-5H. The molecule has 0 saturated carbocycles. The lowest BCUT2D eigenvalue weighted by Crippen LogP contribution is -1.71. The third-order valence-electron chi connectivity index (χ3n) is 2.79. The van der Waals surface area contributed by atoms with Gasteiger partial charge in [-0.3, -0.25) is 4.98 Å². The number of benzene rings is 2. The zero-order valence-electron chi connectivity index (χ0n) is 10.2. The molecule has 92 valence electrons. The monoisotopic (exact) mass is 264 g/mol. The molecule has 0 aliphatic heterocycles. The van der Waals surface area contributed by atoms with E-state index in [2.05, 4.69) is 28.2 Å². The highest BCUT2D eigenvalue weighted by molar-refractivity contribution is 7.16. The first kappa shape index (κ1) is 11.8. The van der Waals surface area contributed by atoms with E-state index < -0.39 is 0 Å². The summed E-state index contributed by atoms with van der Waals surface area (Å²) in [6.45, 7) is 0.